The van der Waals surface area contributed by atoms with Gasteiger partial charge in [0.05, 0.1) is 6.04 Å². The number of halogens is 1. The maximum atomic E-state index is 14.8. The number of nitrogens with zero attached hydrogens (tertiary/aromatic N) is 3. The van der Waals surface area contributed by atoms with Crippen LogP contribution >= 0.6 is 0 Å². The number of guanidine groups is 2. The molecule has 6 amide bonds. The number of amides is 6. The molecule has 2 aromatic rings. The molecule has 0 saturated carbocycles. The third-order valence-electron chi connectivity index (χ3n) is 13.8. The lowest BCUT2D eigenvalue weighted by Crippen LogP contribution is -2.57. The van der Waals surface area contributed by atoms with Gasteiger partial charge in [0.1, 0.15) is 41.6 Å². The topological polar surface area (TPSA) is 360 Å². The van der Waals surface area contributed by atoms with E-state index in [1.807, 2.05) is 30.3 Å². The molecule has 75 heavy (non-hydrogen) atoms. The predicted molar refractivity (Wildman–Crippen MR) is 279 cm³/mol. The van der Waals surface area contributed by atoms with E-state index in [2.05, 4.69) is 31.3 Å². The second-order valence-electron chi connectivity index (χ2n) is 19.6. The number of ketones is 3. The van der Waals surface area contributed by atoms with Crippen molar-refractivity contribution < 1.29 is 47.5 Å². The minimum Gasteiger partial charge on any atom is -0.370 e. The molecule has 2 aliphatic heterocycles. The minimum atomic E-state index is -1.34. The first-order chi connectivity index (χ1) is 35.8. The lowest BCUT2D eigenvalue weighted by molar-refractivity contribution is -0.142. The molecule has 2 fully saturated rings. The molecule has 5 rings (SSSR count). The number of carbonyl (C=O) groups excluding carboxylic acids is 9. The van der Waals surface area contributed by atoms with Gasteiger partial charge in [0.15, 0.2) is 17.7 Å². The first-order valence-corrected chi connectivity index (χ1v) is 25.8. The van der Waals surface area contributed by atoms with Crippen LogP contribution in [0.5, 0.6) is 0 Å². The Kier molecular flexibility index (Phi) is 22.4. The highest BCUT2D eigenvalue weighted by atomic mass is 19.1. The Morgan fingerprint density at radius 3 is 2.16 bits per heavy atom. The van der Waals surface area contributed by atoms with Crippen molar-refractivity contribution in [3.8, 4) is 0 Å². The summed E-state index contributed by atoms with van der Waals surface area (Å²) < 4.78 is 14.2. The van der Waals surface area contributed by atoms with E-state index in [0.29, 0.717) is 18.4 Å². The normalized spacial score (nSPS) is 22.9. The fraction of sp³-hybridized carbons (Fsp3) is 0.528. The number of primary amides is 1. The molecule has 21 nitrogen and oxygen atoms in total. The third-order valence-corrected chi connectivity index (χ3v) is 13.8. The highest BCUT2D eigenvalue weighted by molar-refractivity contribution is 5.98. The van der Waals surface area contributed by atoms with Gasteiger partial charge in [-0.2, -0.15) is 0 Å². The minimum absolute atomic E-state index is 0.0150. The van der Waals surface area contributed by atoms with Gasteiger partial charge in [0.2, 0.25) is 35.4 Å². The average Bonchev–Trinajstić information content (AvgIpc) is 4.03. The number of rotatable bonds is 16. The number of aliphatic imine (C=N–C) groups is 2. The molecule has 2 heterocycles. The largest absolute Gasteiger partial charge is 0.370 e. The van der Waals surface area contributed by atoms with E-state index in [1.54, 1.807) is 0 Å². The van der Waals surface area contributed by atoms with Crippen LogP contribution in [0.1, 0.15) is 120 Å². The van der Waals surface area contributed by atoms with E-state index in [-0.39, 0.29) is 127 Å². The van der Waals surface area contributed by atoms with Crippen LogP contribution in [-0.2, 0) is 56.0 Å². The maximum Gasteiger partial charge on any atom is 0.245 e. The van der Waals surface area contributed by atoms with Crippen molar-refractivity contribution in [2.24, 2.45) is 50.5 Å². The number of hydrogen-bond donors (Lipinski definition) is 9. The first kappa shape index (κ1) is 58.4. The summed E-state index contributed by atoms with van der Waals surface area (Å²) in [6, 6.07) is 6.98. The number of carbonyl (C=O) groups is 9. The molecule has 3 aliphatic rings. The number of nitrogens with two attached hydrogens (primary N) is 5. The second kappa shape index (κ2) is 28.8. The van der Waals surface area contributed by atoms with Crippen molar-refractivity contribution in [3.05, 3.63) is 77.1 Å². The molecule has 7 atom stereocenters. The molecule has 0 aromatic heterocycles. The Balaban J connectivity index is 1.51. The summed E-state index contributed by atoms with van der Waals surface area (Å²) in [5.41, 5.74) is 31.2. The van der Waals surface area contributed by atoms with Gasteiger partial charge in [-0.1, -0.05) is 48.9 Å². The summed E-state index contributed by atoms with van der Waals surface area (Å²) in [4.78, 5) is 135. The van der Waals surface area contributed by atoms with Crippen LogP contribution in [0.3, 0.4) is 0 Å². The van der Waals surface area contributed by atoms with Gasteiger partial charge in [-0.25, -0.2) is 4.39 Å². The van der Waals surface area contributed by atoms with E-state index in [1.165, 1.54) is 36.1 Å². The number of Topliss-reactive ketones (excluding diaryl/α,β-unsaturated/α-hetero) is 3. The number of nitrogens with one attached hydrogen (secondary N) is 4. The van der Waals surface area contributed by atoms with Crippen LogP contribution in [0, 0.1) is 17.7 Å². The molecule has 22 heteroatoms. The van der Waals surface area contributed by atoms with E-state index in [0.717, 1.165) is 16.7 Å². The zero-order valence-corrected chi connectivity index (χ0v) is 42.7. The molecule has 0 unspecified atom stereocenters. The van der Waals surface area contributed by atoms with Crippen LogP contribution in [0.15, 0.2) is 64.6 Å². The molecule has 2 aromatic carbocycles. The van der Waals surface area contributed by atoms with Gasteiger partial charge in [0, 0.05) is 64.1 Å². The second-order valence-corrected chi connectivity index (χ2v) is 19.6. The number of hydrogen-bond acceptors (Lipinski definition) is 11. The van der Waals surface area contributed by atoms with Crippen LogP contribution < -0.4 is 49.9 Å². The molecule has 406 valence electrons. The maximum absolute atomic E-state index is 14.8. The monoisotopic (exact) mass is 1040 g/mol. The van der Waals surface area contributed by atoms with Gasteiger partial charge in [-0.3, -0.25) is 53.1 Å². The van der Waals surface area contributed by atoms with Crippen LogP contribution in [0.2, 0.25) is 0 Å². The van der Waals surface area contributed by atoms with Gasteiger partial charge in [0.25, 0.3) is 0 Å². The Hall–Kier alpha value is -7.52. The predicted octanol–water partition coefficient (Wildman–Crippen LogP) is 1.01. The summed E-state index contributed by atoms with van der Waals surface area (Å²) in [5.74, 6) is -8.19. The molecule has 2 saturated heterocycles. The molecule has 0 radical (unpaired) electrons. The Labute approximate surface area is 436 Å². The van der Waals surface area contributed by atoms with Crippen LogP contribution in [-0.4, -0.2) is 119 Å². The van der Waals surface area contributed by atoms with E-state index in [4.69, 9.17) is 28.7 Å². The summed E-state index contributed by atoms with van der Waals surface area (Å²) in [6.07, 6.45) is 3.45. The van der Waals surface area contributed by atoms with E-state index < -0.39 is 101 Å². The quantitative estimate of drug-likeness (QED) is 0.0645. The smallest absolute Gasteiger partial charge is 0.245 e. The van der Waals surface area contributed by atoms with Crippen molar-refractivity contribution in [3.63, 3.8) is 0 Å². The van der Waals surface area contributed by atoms with Gasteiger partial charge in [-0.05, 0) is 111 Å². The summed E-state index contributed by atoms with van der Waals surface area (Å²) >= 11 is 0. The average molecular weight is 1040 g/mol. The molecule has 14 N–H and O–H groups in total. The standard InChI is InChI=1S/C53H73FN12O9/c1-31(67)62-41(14-7-25-61-53(58)59)49(73)64-42-23-22-38(68)11-3-5-13-40(47(55)71)63-48(72)36(28-34-19-18-33-9-2-4-12-39(33)34)30-45(69)35(10-6-24-60-52(56)57)29-46(70)43(27-32-16-20-37(54)21-17-32)65-50(74)44-15-8-26-66(44)51(42)75/h2,4,9,12,16-17,19-21,35-36,40-44H,3,5-8,10-11,13-15,18,22-30H2,1H3,(H2,55,71)(H,62,67)(H,63,72)(H,64,73)(H,65,74)(H4,56,57,60)(H4,58,59,61)/t35-,36-,40+,41+,42+,43-,44+/m1/s1. The third kappa shape index (κ3) is 18.4. The number of benzene rings is 2. The van der Waals surface area contributed by atoms with E-state index in [9.17, 15) is 47.5 Å². The highest BCUT2D eigenvalue weighted by Crippen LogP contribution is 2.34. The Morgan fingerprint density at radius 1 is 0.773 bits per heavy atom. The fourth-order valence-corrected chi connectivity index (χ4v) is 9.88. The van der Waals surface area contributed by atoms with Gasteiger partial charge >= 0.3 is 0 Å². The van der Waals surface area contributed by atoms with Crippen LogP contribution in [0.25, 0.3) is 5.57 Å². The zero-order valence-electron chi connectivity index (χ0n) is 42.7. The SMILES string of the molecule is CC(=O)N[C@@H](CCCN=C(N)N)C(=O)N[C@H]1CCC(=O)CCCC[C@@H](C(N)=O)NC(=O)[C@H](CC2=CCc3ccccc32)CC(=O)[C@H](CCCN=C(N)N)CC(=O)[C@@H](Cc2ccc(F)cc2)NC(=O)[C@@H]2CCCN2C1=O. The molecular formula is C53H73FN12O9. The molecule has 0 bridgehead atoms. The lowest BCUT2D eigenvalue weighted by atomic mass is 9.83. The summed E-state index contributed by atoms with van der Waals surface area (Å²) in [5, 5.41) is 10.9. The van der Waals surface area contributed by atoms with Gasteiger partial charge in [-0.15, -0.1) is 0 Å². The van der Waals surface area contributed by atoms with E-state index >= 15 is 0 Å². The number of allylic oxidation sites excluding steroid dienone is 2. The Morgan fingerprint density at radius 2 is 1.47 bits per heavy atom. The Bertz CT molecular complexity index is 2490. The molecule has 0 spiro atoms. The first-order valence-electron chi connectivity index (χ1n) is 25.8. The fourth-order valence-electron chi connectivity index (χ4n) is 9.88. The van der Waals surface area contributed by atoms with Crippen molar-refractivity contribution in [2.45, 2.75) is 146 Å². The van der Waals surface area contributed by atoms with Gasteiger partial charge < -0.3 is 54.8 Å². The molecule has 1 aliphatic carbocycles. The van der Waals surface area contributed by atoms with Crippen molar-refractivity contribution in [1.82, 2.24) is 26.2 Å². The lowest BCUT2D eigenvalue weighted by Gasteiger charge is -2.31. The number of fused-ring (bicyclic) bond motifs is 2. The summed E-state index contributed by atoms with van der Waals surface area (Å²) in [6.45, 7) is 1.58. The highest BCUT2D eigenvalue weighted by Gasteiger charge is 2.40. The van der Waals surface area contributed by atoms with Crippen LogP contribution in [0.4, 0.5) is 4.39 Å². The molecular weight excluding hydrogens is 968 g/mol. The van der Waals surface area contributed by atoms with Crippen molar-refractivity contribution >= 4 is 70.3 Å². The van der Waals surface area contributed by atoms with Crippen molar-refractivity contribution in [1.29, 1.82) is 0 Å². The zero-order chi connectivity index (χ0) is 54.6. The summed E-state index contributed by atoms with van der Waals surface area (Å²) in [7, 11) is 0. The van der Waals surface area contributed by atoms with Crippen molar-refractivity contribution in [2.75, 3.05) is 19.6 Å².